The highest BCUT2D eigenvalue weighted by Crippen LogP contribution is 2.24. The van der Waals surface area contributed by atoms with Crippen LogP contribution in [0.4, 0.5) is 10.1 Å². The summed E-state index contributed by atoms with van der Waals surface area (Å²) >= 11 is 0. The van der Waals surface area contributed by atoms with Crippen LogP contribution in [0, 0.1) is 5.82 Å². The number of benzene rings is 1. The number of esters is 1. The van der Waals surface area contributed by atoms with Gasteiger partial charge < -0.3 is 24.0 Å². The van der Waals surface area contributed by atoms with Crippen molar-refractivity contribution in [1.82, 2.24) is 4.90 Å². The molecule has 0 radical (unpaired) electrons. The zero-order valence-corrected chi connectivity index (χ0v) is 15.8. The van der Waals surface area contributed by atoms with Gasteiger partial charge in [0.1, 0.15) is 5.82 Å². The number of carbonyl (C=O) groups excluding carboxylic acids is 4. The molecule has 0 aromatic heterocycles. The monoisotopic (exact) mass is 408 g/mol. The van der Waals surface area contributed by atoms with E-state index in [-0.39, 0.29) is 24.4 Å². The largest absolute Gasteiger partial charge is 0.451 e. The van der Waals surface area contributed by atoms with Crippen molar-refractivity contribution in [3.8, 4) is 0 Å². The van der Waals surface area contributed by atoms with Gasteiger partial charge >= 0.3 is 5.97 Å². The van der Waals surface area contributed by atoms with E-state index in [1.807, 2.05) is 0 Å². The Balaban J connectivity index is 1.84. The van der Waals surface area contributed by atoms with Crippen LogP contribution in [-0.4, -0.2) is 80.6 Å². The summed E-state index contributed by atoms with van der Waals surface area (Å²) in [7, 11) is 0. The first kappa shape index (κ1) is 20.9. The van der Waals surface area contributed by atoms with Crippen LogP contribution in [0.1, 0.15) is 17.3 Å². The van der Waals surface area contributed by atoms with Gasteiger partial charge in [0.2, 0.25) is 0 Å². The number of ether oxygens (including phenoxy) is 3. The van der Waals surface area contributed by atoms with Gasteiger partial charge in [-0.05, 0) is 18.2 Å². The maximum absolute atomic E-state index is 14.3. The number of aldehydes is 1. The SMILES string of the molecule is CC(=O)OC(C=O)C1OCCN(c2ccc(F)c(C(=O)N3CCOCC3)c2)C1=O. The Kier molecular flexibility index (Phi) is 6.55. The van der Waals surface area contributed by atoms with Crippen LogP contribution >= 0.6 is 0 Å². The van der Waals surface area contributed by atoms with Crippen LogP contribution in [0.25, 0.3) is 0 Å². The normalized spacial score (nSPS) is 20.9. The van der Waals surface area contributed by atoms with Crippen LogP contribution in [0.5, 0.6) is 0 Å². The number of hydrogen-bond acceptors (Lipinski definition) is 7. The van der Waals surface area contributed by atoms with Crippen molar-refractivity contribution in [3.05, 3.63) is 29.6 Å². The van der Waals surface area contributed by atoms with Crippen molar-refractivity contribution in [2.75, 3.05) is 44.4 Å². The molecule has 0 saturated carbocycles. The predicted octanol–water partition coefficient (Wildman–Crippen LogP) is 0.161. The molecule has 0 bridgehead atoms. The van der Waals surface area contributed by atoms with Crippen molar-refractivity contribution >= 4 is 29.8 Å². The lowest BCUT2D eigenvalue weighted by molar-refractivity contribution is -0.164. The number of morpholine rings is 2. The molecule has 2 saturated heterocycles. The van der Waals surface area contributed by atoms with Gasteiger partial charge in [-0.15, -0.1) is 0 Å². The van der Waals surface area contributed by atoms with Crippen molar-refractivity contribution in [2.45, 2.75) is 19.1 Å². The second kappa shape index (κ2) is 9.10. The summed E-state index contributed by atoms with van der Waals surface area (Å²) in [5.41, 5.74) is 0.126. The molecule has 1 aromatic rings. The minimum Gasteiger partial charge on any atom is -0.451 e. The number of rotatable bonds is 5. The molecule has 2 aliphatic rings. The number of anilines is 1. The summed E-state index contributed by atoms with van der Waals surface area (Å²) < 4.78 is 29.7. The van der Waals surface area contributed by atoms with Crippen LogP contribution in [0.15, 0.2) is 18.2 Å². The Hall–Kier alpha value is -2.85. The van der Waals surface area contributed by atoms with E-state index in [1.165, 1.54) is 21.9 Å². The molecule has 29 heavy (non-hydrogen) atoms. The minimum atomic E-state index is -1.39. The Bertz CT molecular complexity index is 810. The third-order valence-electron chi connectivity index (χ3n) is 4.65. The lowest BCUT2D eigenvalue weighted by Gasteiger charge is -2.34. The fourth-order valence-corrected chi connectivity index (χ4v) is 3.23. The number of carbonyl (C=O) groups is 4. The van der Waals surface area contributed by atoms with E-state index in [0.29, 0.717) is 32.6 Å². The summed E-state index contributed by atoms with van der Waals surface area (Å²) in [6, 6.07) is 3.78. The molecule has 2 fully saturated rings. The van der Waals surface area contributed by atoms with Gasteiger partial charge in [0, 0.05) is 32.2 Å². The van der Waals surface area contributed by atoms with E-state index in [1.54, 1.807) is 0 Å². The quantitative estimate of drug-likeness (QED) is 0.505. The summed E-state index contributed by atoms with van der Waals surface area (Å²) in [5.74, 6) is -2.54. The Labute approximate surface area is 166 Å². The number of halogens is 1. The molecule has 2 amide bonds. The standard InChI is InChI=1S/C19H21FN2O7/c1-12(24)29-16(11-23)17-19(26)22(6-9-28-17)13-2-3-15(20)14(10-13)18(25)21-4-7-27-8-5-21/h2-3,10-11,16-17H,4-9H2,1H3. The molecule has 0 N–H and O–H groups in total. The lowest BCUT2D eigenvalue weighted by atomic mass is 10.1. The fraction of sp³-hybridized carbons (Fsp3) is 0.474. The zero-order valence-electron chi connectivity index (χ0n) is 15.8. The molecular weight excluding hydrogens is 387 g/mol. The third kappa shape index (κ3) is 4.60. The van der Waals surface area contributed by atoms with Crippen LogP contribution < -0.4 is 4.90 Å². The molecule has 2 aliphatic heterocycles. The van der Waals surface area contributed by atoms with Gasteiger partial charge in [0.15, 0.2) is 18.5 Å². The minimum absolute atomic E-state index is 0.0755. The highest BCUT2D eigenvalue weighted by molar-refractivity contribution is 6.01. The van der Waals surface area contributed by atoms with E-state index in [0.717, 1.165) is 13.0 Å². The predicted molar refractivity (Wildman–Crippen MR) is 96.8 cm³/mol. The van der Waals surface area contributed by atoms with E-state index < -0.39 is 35.8 Å². The molecule has 3 rings (SSSR count). The summed E-state index contributed by atoms with van der Waals surface area (Å²) in [6.45, 7) is 2.78. The van der Waals surface area contributed by atoms with Gasteiger partial charge in [-0.1, -0.05) is 0 Å². The average molecular weight is 408 g/mol. The van der Waals surface area contributed by atoms with E-state index >= 15 is 0 Å². The summed E-state index contributed by atoms with van der Waals surface area (Å²) in [5, 5.41) is 0. The van der Waals surface area contributed by atoms with E-state index in [9.17, 15) is 23.6 Å². The van der Waals surface area contributed by atoms with E-state index in [4.69, 9.17) is 14.2 Å². The highest BCUT2D eigenvalue weighted by Gasteiger charge is 2.38. The Morgan fingerprint density at radius 3 is 2.62 bits per heavy atom. The number of hydrogen-bond donors (Lipinski definition) is 0. The smallest absolute Gasteiger partial charge is 0.303 e. The lowest BCUT2D eigenvalue weighted by Crippen LogP contribution is -2.54. The molecular formula is C19H21FN2O7. The van der Waals surface area contributed by atoms with Crippen molar-refractivity contribution < 1.29 is 37.8 Å². The Morgan fingerprint density at radius 1 is 1.24 bits per heavy atom. The first-order chi connectivity index (χ1) is 13.9. The average Bonchev–Trinajstić information content (AvgIpc) is 2.73. The number of amides is 2. The van der Waals surface area contributed by atoms with Crippen molar-refractivity contribution in [1.29, 1.82) is 0 Å². The van der Waals surface area contributed by atoms with Gasteiger partial charge in [-0.3, -0.25) is 19.2 Å². The van der Waals surface area contributed by atoms with Gasteiger partial charge in [0.05, 0.1) is 25.4 Å². The fourth-order valence-electron chi connectivity index (χ4n) is 3.23. The van der Waals surface area contributed by atoms with E-state index in [2.05, 4.69) is 0 Å². The van der Waals surface area contributed by atoms with Gasteiger partial charge in [0.25, 0.3) is 11.8 Å². The molecule has 2 unspecified atom stereocenters. The zero-order chi connectivity index (χ0) is 21.0. The first-order valence-corrected chi connectivity index (χ1v) is 9.14. The molecule has 1 aromatic carbocycles. The second-order valence-corrected chi connectivity index (χ2v) is 6.56. The molecule has 2 heterocycles. The summed E-state index contributed by atoms with van der Waals surface area (Å²) in [4.78, 5) is 50.7. The maximum Gasteiger partial charge on any atom is 0.303 e. The highest BCUT2D eigenvalue weighted by atomic mass is 19.1. The van der Waals surface area contributed by atoms with Gasteiger partial charge in [-0.25, -0.2) is 4.39 Å². The maximum atomic E-state index is 14.3. The molecule has 0 aliphatic carbocycles. The van der Waals surface area contributed by atoms with Gasteiger partial charge in [-0.2, -0.15) is 0 Å². The summed E-state index contributed by atoms with van der Waals surface area (Å²) in [6.07, 6.45) is -2.38. The second-order valence-electron chi connectivity index (χ2n) is 6.56. The Morgan fingerprint density at radius 2 is 1.97 bits per heavy atom. The first-order valence-electron chi connectivity index (χ1n) is 9.14. The molecule has 9 nitrogen and oxygen atoms in total. The van der Waals surface area contributed by atoms with Crippen molar-refractivity contribution in [3.63, 3.8) is 0 Å². The topological polar surface area (TPSA) is 102 Å². The van der Waals surface area contributed by atoms with Crippen LogP contribution in [0.3, 0.4) is 0 Å². The molecule has 0 spiro atoms. The molecule has 2 atom stereocenters. The van der Waals surface area contributed by atoms with Crippen molar-refractivity contribution in [2.24, 2.45) is 0 Å². The van der Waals surface area contributed by atoms with Crippen LogP contribution in [0.2, 0.25) is 0 Å². The third-order valence-corrected chi connectivity index (χ3v) is 4.65. The molecule has 10 heteroatoms. The number of nitrogens with zero attached hydrogens (tertiary/aromatic N) is 2. The molecule has 156 valence electrons. The van der Waals surface area contributed by atoms with Crippen LogP contribution in [-0.2, 0) is 28.6 Å².